The minimum Gasteiger partial charge on any atom is -0.493 e. The highest BCUT2D eigenvalue weighted by Crippen LogP contribution is 2.32. The summed E-state index contributed by atoms with van der Waals surface area (Å²) in [6, 6.07) is 23.0. The van der Waals surface area contributed by atoms with Crippen molar-refractivity contribution in [1.29, 1.82) is 0 Å². The Bertz CT molecular complexity index is 1170. The van der Waals surface area contributed by atoms with Gasteiger partial charge in [0, 0.05) is 11.1 Å². The molecule has 0 spiro atoms. The molecule has 4 aromatic rings. The first-order valence-electron chi connectivity index (χ1n) is 9.55. The Hall–Kier alpha value is -3.58. The molecule has 0 unspecified atom stereocenters. The van der Waals surface area contributed by atoms with Crippen molar-refractivity contribution in [3.8, 4) is 34.1 Å². The van der Waals surface area contributed by atoms with Crippen molar-refractivity contribution in [3.05, 3.63) is 78.4 Å². The van der Waals surface area contributed by atoms with Crippen LogP contribution in [0.25, 0.3) is 22.6 Å². The first-order chi connectivity index (χ1) is 15.2. The van der Waals surface area contributed by atoms with E-state index >= 15 is 0 Å². The molecule has 0 radical (unpaired) electrons. The Labute approximate surface area is 184 Å². The number of thioether (sulfide) groups is 1. The Kier molecular flexibility index (Phi) is 6.33. The van der Waals surface area contributed by atoms with Crippen LogP contribution in [0.3, 0.4) is 0 Å². The van der Waals surface area contributed by atoms with E-state index in [0.29, 0.717) is 33.7 Å². The zero-order valence-corrected chi connectivity index (χ0v) is 17.9. The Balaban J connectivity index is 1.40. The summed E-state index contributed by atoms with van der Waals surface area (Å²) in [7, 11) is 3.14. The quantitative estimate of drug-likeness (QED) is 0.273. The Morgan fingerprint density at radius 1 is 0.839 bits per heavy atom. The van der Waals surface area contributed by atoms with Crippen LogP contribution in [0.15, 0.2) is 82.4 Å². The number of carbonyl (C=O) groups excluding carboxylic acids is 1. The minimum atomic E-state index is -0.00419. The van der Waals surface area contributed by atoms with Gasteiger partial charge in [0.1, 0.15) is 0 Å². The fourth-order valence-electron chi connectivity index (χ4n) is 3.04. The van der Waals surface area contributed by atoms with Gasteiger partial charge < -0.3 is 13.9 Å². The van der Waals surface area contributed by atoms with E-state index in [2.05, 4.69) is 10.2 Å². The second-order valence-corrected chi connectivity index (χ2v) is 7.52. The van der Waals surface area contributed by atoms with Gasteiger partial charge in [-0.2, -0.15) is 0 Å². The molecule has 0 amide bonds. The summed E-state index contributed by atoms with van der Waals surface area (Å²) in [5, 5.41) is 8.43. The van der Waals surface area contributed by atoms with Crippen LogP contribution in [-0.2, 0) is 0 Å². The number of aromatic nitrogens is 2. The molecule has 4 rings (SSSR count). The third-order valence-electron chi connectivity index (χ3n) is 4.68. The van der Waals surface area contributed by atoms with Crippen molar-refractivity contribution < 1.29 is 18.7 Å². The number of hydrogen-bond acceptors (Lipinski definition) is 7. The van der Waals surface area contributed by atoms with Crippen LogP contribution in [0, 0.1) is 0 Å². The third kappa shape index (κ3) is 4.78. The first-order valence-corrected chi connectivity index (χ1v) is 10.5. The van der Waals surface area contributed by atoms with Crippen molar-refractivity contribution in [2.24, 2.45) is 0 Å². The lowest BCUT2D eigenvalue weighted by atomic mass is 10.0. The Morgan fingerprint density at radius 2 is 1.52 bits per heavy atom. The van der Waals surface area contributed by atoms with Crippen LogP contribution in [0.5, 0.6) is 11.5 Å². The lowest BCUT2D eigenvalue weighted by Gasteiger charge is -2.07. The topological polar surface area (TPSA) is 74.5 Å². The fraction of sp³-hybridized carbons (Fsp3) is 0.125. The summed E-state index contributed by atoms with van der Waals surface area (Å²) in [5.74, 6) is 1.74. The number of benzene rings is 3. The zero-order valence-electron chi connectivity index (χ0n) is 17.1. The van der Waals surface area contributed by atoms with E-state index in [4.69, 9.17) is 13.9 Å². The smallest absolute Gasteiger partial charge is 0.277 e. The molecule has 0 aliphatic heterocycles. The molecule has 6 nitrogen and oxygen atoms in total. The molecule has 156 valence electrons. The maximum Gasteiger partial charge on any atom is 0.277 e. The highest BCUT2D eigenvalue weighted by Gasteiger charge is 2.14. The molecule has 0 bridgehead atoms. The van der Waals surface area contributed by atoms with Gasteiger partial charge in [-0.25, -0.2) is 0 Å². The van der Waals surface area contributed by atoms with Gasteiger partial charge in [-0.3, -0.25) is 4.79 Å². The van der Waals surface area contributed by atoms with Crippen LogP contribution >= 0.6 is 11.8 Å². The summed E-state index contributed by atoms with van der Waals surface area (Å²) in [6.07, 6.45) is 0. The molecule has 0 saturated heterocycles. The monoisotopic (exact) mass is 432 g/mol. The molecule has 7 heteroatoms. The molecular weight excluding hydrogens is 412 g/mol. The molecule has 0 aliphatic rings. The van der Waals surface area contributed by atoms with E-state index in [0.717, 1.165) is 11.1 Å². The summed E-state index contributed by atoms with van der Waals surface area (Å²) in [4.78, 5) is 12.6. The van der Waals surface area contributed by atoms with Crippen molar-refractivity contribution in [1.82, 2.24) is 10.2 Å². The molecule has 0 atom stereocenters. The molecule has 3 aromatic carbocycles. The van der Waals surface area contributed by atoms with E-state index in [1.165, 1.54) is 11.8 Å². The fourth-order valence-corrected chi connectivity index (χ4v) is 3.70. The standard InChI is InChI=1S/C24H20N2O4S/c1-28-21-13-12-19(14-22(21)29-2)23-25-26-24(30-23)31-15-20(27)18-10-8-17(9-11-18)16-6-4-3-5-7-16/h3-14H,15H2,1-2H3. The number of ketones is 1. The third-order valence-corrected chi connectivity index (χ3v) is 5.50. The predicted molar refractivity (Wildman–Crippen MR) is 120 cm³/mol. The van der Waals surface area contributed by atoms with Crippen molar-refractivity contribution in [2.45, 2.75) is 5.22 Å². The maximum atomic E-state index is 12.6. The van der Waals surface area contributed by atoms with Gasteiger partial charge in [-0.15, -0.1) is 10.2 Å². The van der Waals surface area contributed by atoms with Gasteiger partial charge in [0.15, 0.2) is 17.3 Å². The summed E-state index contributed by atoms with van der Waals surface area (Å²) in [6.45, 7) is 0. The first kappa shape index (κ1) is 20.7. The largest absolute Gasteiger partial charge is 0.493 e. The maximum absolute atomic E-state index is 12.6. The molecular formula is C24H20N2O4S. The number of methoxy groups -OCH3 is 2. The average Bonchev–Trinajstić information content (AvgIpc) is 3.32. The van der Waals surface area contributed by atoms with Crippen LogP contribution in [0.4, 0.5) is 0 Å². The number of hydrogen-bond donors (Lipinski definition) is 0. The van der Waals surface area contributed by atoms with E-state index < -0.39 is 0 Å². The van der Waals surface area contributed by atoms with Crippen molar-refractivity contribution in [2.75, 3.05) is 20.0 Å². The van der Waals surface area contributed by atoms with Crippen LogP contribution in [-0.4, -0.2) is 36.0 Å². The summed E-state index contributed by atoms with van der Waals surface area (Å²) in [5.41, 5.74) is 3.54. The SMILES string of the molecule is COc1ccc(-c2nnc(SCC(=O)c3ccc(-c4ccccc4)cc3)o2)cc1OC. The molecule has 0 N–H and O–H groups in total. The lowest BCUT2D eigenvalue weighted by Crippen LogP contribution is -2.02. The predicted octanol–water partition coefficient (Wildman–Crippen LogP) is 5.40. The lowest BCUT2D eigenvalue weighted by molar-refractivity contribution is 0.102. The number of rotatable bonds is 8. The number of nitrogens with zero attached hydrogens (tertiary/aromatic N) is 2. The second-order valence-electron chi connectivity index (χ2n) is 6.60. The normalized spacial score (nSPS) is 10.6. The highest BCUT2D eigenvalue weighted by molar-refractivity contribution is 7.99. The average molecular weight is 433 g/mol. The second kappa shape index (κ2) is 9.49. The highest BCUT2D eigenvalue weighted by atomic mass is 32.2. The van der Waals surface area contributed by atoms with E-state index in [1.807, 2.05) is 60.7 Å². The number of ether oxygens (including phenoxy) is 2. The molecule has 1 heterocycles. The molecule has 0 aliphatic carbocycles. The van der Waals surface area contributed by atoms with Crippen molar-refractivity contribution >= 4 is 17.5 Å². The van der Waals surface area contributed by atoms with Gasteiger partial charge in [0.2, 0.25) is 5.89 Å². The Morgan fingerprint density at radius 3 is 2.23 bits per heavy atom. The van der Waals surface area contributed by atoms with Crippen LogP contribution < -0.4 is 9.47 Å². The number of carbonyl (C=O) groups is 1. The molecule has 0 saturated carbocycles. The molecule has 0 fully saturated rings. The summed E-state index contributed by atoms with van der Waals surface area (Å²) >= 11 is 1.21. The van der Waals surface area contributed by atoms with Gasteiger partial charge in [-0.05, 0) is 29.3 Å². The molecule has 1 aromatic heterocycles. The van der Waals surface area contributed by atoms with E-state index in [1.54, 1.807) is 26.4 Å². The van der Waals surface area contributed by atoms with E-state index in [-0.39, 0.29) is 11.5 Å². The van der Waals surface area contributed by atoms with Gasteiger partial charge in [0.25, 0.3) is 5.22 Å². The number of Topliss-reactive ketones (excluding diaryl/α,β-unsaturated/α-hetero) is 1. The summed E-state index contributed by atoms with van der Waals surface area (Å²) < 4.78 is 16.2. The van der Waals surface area contributed by atoms with Gasteiger partial charge in [-0.1, -0.05) is 66.4 Å². The van der Waals surface area contributed by atoms with E-state index in [9.17, 15) is 4.79 Å². The van der Waals surface area contributed by atoms with Crippen molar-refractivity contribution in [3.63, 3.8) is 0 Å². The van der Waals surface area contributed by atoms with Gasteiger partial charge >= 0.3 is 0 Å². The zero-order chi connectivity index (χ0) is 21.6. The van der Waals surface area contributed by atoms with Gasteiger partial charge in [0.05, 0.1) is 20.0 Å². The van der Waals surface area contributed by atoms with Crippen LogP contribution in [0.2, 0.25) is 0 Å². The minimum absolute atomic E-state index is 0.00419. The molecule has 31 heavy (non-hydrogen) atoms. The van der Waals surface area contributed by atoms with Crippen LogP contribution in [0.1, 0.15) is 10.4 Å².